The average Bonchev–Trinajstić information content (AvgIpc) is 3.46. The van der Waals surface area contributed by atoms with Crippen molar-refractivity contribution in [3.05, 3.63) is 90.5 Å². The molecule has 1 fully saturated rings. The minimum absolute atomic E-state index is 0.0137. The van der Waals surface area contributed by atoms with Gasteiger partial charge in [-0.1, -0.05) is 72.4 Å². The van der Waals surface area contributed by atoms with Crippen LogP contribution in [0.25, 0.3) is 17.1 Å². The van der Waals surface area contributed by atoms with Gasteiger partial charge in [0, 0.05) is 55.5 Å². The molecule has 1 aliphatic rings. The number of amides is 2. The molecule has 1 unspecified atom stereocenters. The Morgan fingerprint density at radius 1 is 0.905 bits per heavy atom. The van der Waals surface area contributed by atoms with Crippen LogP contribution in [0.5, 0.6) is 5.75 Å². The van der Waals surface area contributed by atoms with E-state index in [0.717, 1.165) is 46.6 Å². The summed E-state index contributed by atoms with van der Waals surface area (Å²) in [5.74, 6) is 2.53. The van der Waals surface area contributed by atoms with Crippen LogP contribution < -0.4 is 4.74 Å². The Bertz CT molecular complexity index is 1480. The minimum Gasteiger partial charge on any atom is -0.497 e. The molecule has 1 aliphatic heterocycles. The van der Waals surface area contributed by atoms with E-state index in [-0.39, 0.29) is 17.9 Å². The highest BCUT2D eigenvalue weighted by molar-refractivity contribution is 7.99. The first-order chi connectivity index (χ1) is 20.5. The summed E-state index contributed by atoms with van der Waals surface area (Å²) in [6.07, 6.45) is 2.42. The Kier molecular flexibility index (Phi) is 9.92. The van der Waals surface area contributed by atoms with Gasteiger partial charge in [0.25, 0.3) is 0 Å². The zero-order valence-electron chi connectivity index (χ0n) is 24.2. The van der Waals surface area contributed by atoms with E-state index in [1.54, 1.807) is 18.9 Å². The van der Waals surface area contributed by atoms with Gasteiger partial charge in [-0.25, -0.2) is 0 Å². The number of hydrogen-bond donors (Lipinski definition) is 0. The molecule has 0 spiro atoms. The second-order valence-electron chi connectivity index (χ2n) is 10.4. The van der Waals surface area contributed by atoms with E-state index in [2.05, 4.69) is 26.9 Å². The monoisotopic (exact) mass is 583 g/mol. The van der Waals surface area contributed by atoms with Crippen molar-refractivity contribution in [2.24, 2.45) is 0 Å². The van der Waals surface area contributed by atoms with Gasteiger partial charge in [0.15, 0.2) is 11.0 Å². The van der Waals surface area contributed by atoms with Gasteiger partial charge in [0.2, 0.25) is 11.8 Å². The van der Waals surface area contributed by atoms with E-state index in [9.17, 15) is 9.59 Å². The number of para-hydroxylation sites is 1. The first-order valence-electron chi connectivity index (χ1n) is 14.4. The topological polar surface area (TPSA) is 80.6 Å². The quantitative estimate of drug-likeness (QED) is 0.171. The number of thioether (sulfide) groups is 1. The molecule has 9 heteroatoms. The average molecular weight is 584 g/mol. The lowest BCUT2D eigenvalue weighted by atomic mass is 10.1. The number of aryl methyl sites for hydroxylation is 1. The number of aromatic nitrogens is 3. The summed E-state index contributed by atoms with van der Waals surface area (Å²) in [5, 5.41) is 9.80. The van der Waals surface area contributed by atoms with Gasteiger partial charge in [0.1, 0.15) is 5.75 Å². The predicted molar refractivity (Wildman–Crippen MR) is 166 cm³/mol. The standard InChI is InChI=1S/C33H37N5O3S/c1-25-24-36(20-21-37(25)31(40)19-18-26-11-5-3-6-12-26)30(39)17-10-22-42-33-35-34-32(27-13-9-16-29(23-27)41-2)38(33)28-14-7-4-8-15-28/h3-9,11-16,23,25H,10,17-22,24H2,1-2H3. The van der Waals surface area contributed by atoms with E-state index in [4.69, 9.17) is 4.74 Å². The smallest absolute Gasteiger partial charge is 0.223 e. The molecule has 218 valence electrons. The van der Waals surface area contributed by atoms with Crippen LogP contribution in [0.2, 0.25) is 0 Å². The van der Waals surface area contributed by atoms with Crippen molar-refractivity contribution in [1.82, 2.24) is 24.6 Å². The van der Waals surface area contributed by atoms with E-state index >= 15 is 0 Å². The second kappa shape index (κ2) is 14.2. The molecule has 4 aromatic rings. The number of nitrogens with zero attached hydrogens (tertiary/aromatic N) is 5. The molecular formula is C33H37N5O3S. The van der Waals surface area contributed by atoms with Gasteiger partial charge in [-0.05, 0) is 49.6 Å². The number of ether oxygens (including phenoxy) is 1. The zero-order valence-corrected chi connectivity index (χ0v) is 25.0. The van der Waals surface area contributed by atoms with Gasteiger partial charge < -0.3 is 14.5 Å². The second-order valence-corrected chi connectivity index (χ2v) is 11.5. The summed E-state index contributed by atoms with van der Waals surface area (Å²) in [6, 6.07) is 27.9. The molecule has 8 nitrogen and oxygen atoms in total. The SMILES string of the molecule is COc1cccc(-c2nnc(SCCCC(=O)N3CCN(C(=O)CCc4ccccc4)C(C)C3)n2-c2ccccc2)c1. The van der Waals surface area contributed by atoms with E-state index in [0.29, 0.717) is 32.5 Å². The Labute approximate surface area is 251 Å². The van der Waals surface area contributed by atoms with Gasteiger partial charge in [-0.15, -0.1) is 10.2 Å². The van der Waals surface area contributed by atoms with Gasteiger partial charge in [-0.3, -0.25) is 14.2 Å². The highest BCUT2D eigenvalue weighted by Crippen LogP contribution is 2.30. The van der Waals surface area contributed by atoms with Crippen LogP contribution in [-0.2, 0) is 16.0 Å². The van der Waals surface area contributed by atoms with Crippen LogP contribution in [0.4, 0.5) is 0 Å². The number of carbonyl (C=O) groups is 2. The lowest BCUT2D eigenvalue weighted by Crippen LogP contribution is -2.55. The predicted octanol–water partition coefficient (Wildman–Crippen LogP) is 5.51. The van der Waals surface area contributed by atoms with Crippen LogP contribution in [0, 0.1) is 0 Å². The summed E-state index contributed by atoms with van der Waals surface area (Å²) in [7, 11) is 1.65. The van der Waals surface area contributed by atoms with Crippen LogP contribution in [-0.4, -0.2) is 74.9 Å². The molecule has 0 radical (unpaired) electrons. The Hall–Kier alpha value is -4.11. The fourth-order valence-corrected chi connectivity index (χ4v) is 6.15. The molecule has 1 aromatic heterocycles. The zero-order chi connectivity index (χ0) is 29.3. The fourth-order valence-electron chi connectivity index (χ4n) is 5.26. The molecule has 2 heterocycles. The lowest BCUT2D eigenvalue weighted by molar-refractivity contribution is -0.142. The normalized spacial score (nSPS) is 15.0. The number of rotatable bonds is 11. The maximum atomic E-state index is 13.0. The maximum absolute atomic E-state index is 13.0. The Balaban J connectivity index is 1.14. The number of carbonyl (C=O) groups excluding carboxylic acids is 2. The van der Waals surface area contributed by atoms with E-state index in [1.165, 1.54) is 5.56 Å². The lowest BCUT2D eigenvalue weighted by Gasteiger charge is -2.40. The molecule has 0 aliphatic carbocycles. The highest BCUT2D eigenvalue weighted by atomic mass is 32.2. The van der Waals surface area contributed by atoms with Crippen LogP contribution in [0.15, 0.2) is 90.1 Å². The summed E-state index contributed by atoms with van der Waals surface area (Å²) in [6.45, 7) is 3.78. The number of piperazine rings is 1. The van der Waals surface area contributed by atoms with E-state index < -0.39 is 0 Å². The third-order valence-corrected chi connectivity index (χ3v) is 8.53. The van der Waals surface area contributed by atoms with Gasteiger partial charge in [-0.2, -0.15) is 0 Å². The molecule has 0 bridgehead atoms. The molecule has 5 rings (SSSR count). The highest BCUT2D eigenvalue weighted by Gasteiger charge is 2.29. The summed E-state index contributed by atoms with van der Waals surface area (Å²) in [5.41, 5.74) is 3.06. The van der Waals surface area contributed by atoms with Crippen molar-refractivity contribution in [2.45, 2.75) is 43.8 Å². The molecule has 1 atom stereocenters. The van der Waals surface area contributed by atoms with Gasteiger partial charge >= 0.3 is 0 Å². The number of hydrogen-bond acceptors (Lipinski definition) is 6. The summed E-state index contributed by atoms with van der Waals surface area (Å²) in [4.78, 5) is 29.7. The van der Waals surface area contributed by atoms with Crippen molar-refractivity contribution in [2.75, 3.05) is 32.5 Å². The maximum Gasteiger partial charge on any atom is 0.223 e. The third-order valence-electron chi connectivity index (χ3n) is 7.51. The molecule has 3 aromatic carbocycles. The van der Waals surface area contributed by atoms with E-state index in [1.807, 2.05) is 89.5 Å². The molecule has 42 heavy (non-hydrogen) atoms. The summed E-state index contributed by atoms with van der Waals surface area (Å²) >= 11 is 1.60. The fraction of sp³-hybridized carbons (Fsp3) is 0.333. The van der Waals surface area contributed by atoms with Crippen molar-refractivity contribution < 1.29 is 14.3 Å². The van der Waals surface area contributed by atoms with Crippen molar-refractivity contribution in [3.8, 4) is 22.8 Å². The van der Waals surface area contributed by atoms with Crippen LogP contribution in [0.1, 0.15) is 31.7 Å². The van der Waals surface area contributed by atoms with Crippen molar-refractivity contribution >= 4 is 23.6 Å². The number of methoxy groups -OCH3 is 1. The minimum atomic E-state index is 0.0137. The number of benzene rings is 3. The third kappa shape index (κ3) is 7.20. The van der Waals surface area contributed by atoms with Crippen molar-refractivity contribution in [1.29, 1.82) is 0 Å². The largest absolute Gasteiger partial charge is 0.497 e. The molecule has 2 amide bonds. The van der Waals surface area contributed by atoms with Crippen LogP contribution >= 0.6 is 11.8 Å². The van der Waals surface area contributed by atoms with Crippen molar-refractivity contribution in [3.63, 3.8) is 0 Å². The molecule has 0 N–H and O–H groups in total. The Morgan fingerprint density at radius 3 is 2.40 bits per heavy atom. The molecule has 1 saturated heterocycles. The first-order valence-corrected chi connectivity index (χ1v) is 15.4. The van der Waals surface area contributed by atoms with Gasteiger partial charge in [0.05, 0.1) is 7.11 Å². The van der Waals surface area contributed by atoms with Crippen LogP contribution in [0.3, 0.4) is 0 Å². The Morgan fingerprint density at radius 2 is 1.67 bits per heavy atom. The first kappa shape index (κ1) is 29.4. The summed E-state index contributed by atoms with van der Waals surface area (Å²) < 4.78 is 7.47. The molecule has 0 saturated carbocycles. The molecular weight excluding hydrogens is 546 g/mol.